The van der Waals surface area contributed by atoms with Crippen LogP contribution >= 0.6 is 0 Å². The number of anilines is 2. The molecule has 0 aliphatic rings. The molecular formula is C13H19N3. The van der Waals surface area contributed by atoms with Crippen molar-refractivity contribution in [1.29, 1.82) is 5.26 Å². The van der Waals surface area contributed by atoms with E-state index in [0.29, 0.717) is 17.2 Å². The zero-order valence-electron chi connectivity index (χ0n) is 10.2. The number of nitriles is 1. The largest absolute Gasteiger partial charge is 0.396 e. The molecule has 0 unspecified atom stereocenters. The number of benzene rings is 1. The molecule has 0 fully saturated rings. The lowest BCUT2D eigenvalue weighted by Gasteiger charge is -2.22. The van der Waals surface area contributed by atoms with E-state index in [0.717, 1.165) is 18.7 Å². The fourth-order valence-corrected chi connectivity index (χ4v) is 1.56. The fraction of sp³-hybridized carbons (Fsp3) is 0.462. The Morgan fingerprint density at radius 2 is 2.12 bits per heavy atom. The Morgan fingerprint density at radius 1 is 1.44 bits per heavy atom. The van der Waals surface area contributed by atoms with Gasteiger partial charge in [0.2, 0.25) is 0 Å². The molecule has 3 nitrogen and oxygen atoms in total. The smallest absolute Gasteiger partial charge is 0.101 e. The average molecular weight is 217 g/mol. The molecule has 1 rings (SSSR count). The molecular weight excluding hydrogens is 198 g/mol. The topological polar surface area (TPSA) is 53.0 Å². The number of nitrogens with zero attached hydrogens (tertiary/aromatic N) is 2. The van der Waals surface area contributed by atoms with E-state index in [9.17, 15) is 0 Å². The Hall–Kier alpha value is -1.69. The van der Waals surface area contributed by atoms with Gasteiger partial charge in [0, 0.05) is 13.6 Å². The predicted octanol–water partition coefficient (Wildman–Crippen LogP) is 2.62. The normalized spacial score (nSPS) is 10.2. The van der Waals surface area contributed by atoms with Gasteiger partial charge in [0.25, 0.3) is 0 Å². The quantitative estimate of drug-likeness (QED) is 0.789. The first-order valence-corrected chi connectivity index (χ1v) is 5.56. The predicted molar refractivity (Wildman–Crippen MR) is 68.3 cm³/mol. The van der Waals surface area contributed by atoms with Crippen LogP contribution in [0, 0.1) is 17.2 Å². The molecule has 0 atom stereocenters. The molecule has 0 aliphatic heterocycles. The van der Waals surface area contributed by atoms with Gasteiger partial charge in [-0.3, -0.25) is 0 Å². The van der Waals surface area contributed by atoms with Crippen LogP contribution in [0.3, 0.4) is 0 Å². The zero-order valence-corrected chi connectivity index (χ0v) is 10.2. The maximum absolute atomic E-state index is 8.89. The van der Waals surface area contributed by atoms with E-state index in [1.807, 2.05) is 19.2 Å². The lowest BCUT2D eigenvalue weighted by atomic mass is 10.1. The van der Waals surface area contributed by atoms with Gasteiger partial charge in [-0.05, 0) is 24.5 Å². The molecule has 16 heavy (non-hydrogen) atoms. The highest BCUT2D eigenvalue weighted by molar-refractivity contribution is 5.73. The number of hydrogen-bond donors (Lipinski definition) is 1. The van der Waals surface area contributed by atoms with Gasteiger partial charge in [0.05, 0.1) is 16.9 Å². The average Bonchev–Trinajstić information content (AvgIpc) is 2.26. The second kappa shape index (κ2) is 5.41. The SMILES string of the molecule is CC(C)CCN(C)c1cccc(C#N)c1N. The van der Waals surface area contributed by atoms with Crippen molar-refractivity contribution in [3.8, 4) is 6.07 Å². The zero-order chi connectivity index (χ0) is 12.1. The fourth-order valence-electron chi connectivity index (χ4n) is 1.56. The van der Waals surface area contributed by atoms with Crippen LogP contribution in [0.4, 0.5) is 11.4 Å². The van der Waals surface area contributed by atoms with Crippen LogP contribution in [-0.2, 0) is 0 Å². The minimum absolute atomic E-state index is 0.550. The van der Waals surface area contributed by atoms with Gasteiger partial charge < -0.3 is 10.6 Å². The van der Waals surface area contributed by atoms with Gasteiger partial charge in [-0.2, -0.15) is 5.26 Å². The second-order valence-corrected chi connectivity index (χ2v) is 4.45. The molecule has 86 valence electrons. The summed E-state index contributed by atoms with van der Waals surface area (Å²) >= 11 is 0. The van der Waals surface area contributed by atoms with Crippen molar-refractivity contribution in [2.75, 3.05) is 24.2 Å². The number of nitrogen functional groups attached to an aromatic ring is 1. The first-order chi connectivity index (χ1) is 7.56. The van der Waals surface area contributed by atoms with E-state index in [1.54, 1.807) is 6.07 Å². The van der Waals surface area contributed by atoms with Crippen LogP contribution in [0.5, 0.6) is 0 Å². The van der Waals surface area contributed by atoms with Crippen LogP contribution < -0.4 is 10.6 Å². The first kappa shape index (κ1) is 12.4. The van der Waals surface area contributed by atoms with Gasteiger partial charge >= 0.3 is 0 Å². The van der Waals surface area contributed by atoms with Crippen LogP contribution in [0.1, 0.15) is 25.8 Å². The van der Waals surface area contributed by atoms with Crippen LogP contribution in [0.25, 0.3) is 0 Å². The third-order valence-electron chi connectivity index (χ3n) is 2.66. The van der Waals surface area contributed by atoms with Gasteiger partial charge in [-0.25, -0.2) is 0 Å². The van der Waals surface area contributed by atoms with Crippen molar-refractivity contribution in [3.63, 3.8) is 0 Å². The second-order valence-electron chi connectivity index (χ2n) is 4.45. The maximum Gasteiger partial charge on any atom is 0.101 e. The highest BCUT2D eigenvalue weighted by Crippen LogP contribution is 2.25. The summed E-state index contributed by atoms with van der Waals surface area (Å²) in [6, 6.07) is 7.67. The standard InChI is InChI=1S/C13H19N3/c1-10(2)7-8-16(3)12-6-4-5-11(9-14)13(12)15/h4-6,10H,7-8,15H2,1-3H3. The minimum atomic E-state index is 0.550. The first-order valence-electron chi connectivity index (χ1n) is 5.56. The number of nitrogens with two attached hydrogens (primary N) is 1. The molecule has 0 aliphatic carbocycles. The van der Waals surface area contributed by atoms with Crippen molar-refractivity contribution in [2.45, 2.75) is 20.3 Å². The van der Waals surface area contributed by atoms with E-state index in [1.165, 1.54) is 0 Å². The minimum Gasteiger partial charge on any atom is -0.396 e. The van der Waals surface area contributed by atoms with Crippen LogP contribution in [0.15, 0.2) is 18.2 Å². The van der Waals surface area contributed by atoms with Gasteiger partial charge in [0.1, 0.15) is 6.07 Å². The van der Waals surface area contributed by atoms with E-state index in [4.69, 9.17) is 11.0 Å². The molecule has 0 bridgehead atoms. The van der Waals surface area contributed by atoms with Gasteiger partial charge in [0.15, 0.2) is 0 Å². The number of para-hydroxylation sites is 1. The molecule has 0 heterocycles. The molecule has 0 spiro atoms. The lowest BCUT2D eigenvalue weighted by molar-refractivity contribution is 0.585. The Balaban J connectivity index is 2.84. The molecule has 1 aromatic carbocycles. The van der Waals surface area contributed by atoms with Crippen molar-refractivity contribution in [2.24, 2.45) is 5.92 Å². The van der Waals surface area contributed by atoms with Crippen LogP contribution in [0.2, 0.25) is 0 Å². The number of hydrogen-bond acceptors (Lipinski definition) is 3. The Morgan fingerprint density at radius 3 is 2.69 bits per heavy atom. The van der Waals surface area contributed by atoms with Crippen molar-refractivity contribution in [1.82, 2.24) is 0 Å². The third-order valence-corrected chi connectivity index (χ3v) is 2.66. The van der Waals surface area contributed by atoms with E-state index in [-0.39, 0.29) is 0 Å². The van der Waals surface area contributed by atoms with E-state index in [2.05, 4.69) is 24.8 Å². The molecule has 2 N–H and O–H groups in total. The summed E-state index contributed by atoms with van der Waals surface area (Å²) in [4.78, 5) is 2.11. The Labute approximate surface area is 97.5 Å². The summed E-state index contributed by atoms with van der Waals surface area (Å²) in [5, 5.41) is 8.89. The molecule has 3 heteroatoms. The lowest BCUT2D eigenvalue weighted by Crippen LogP contribution is -2.21. The third kappa shape index (κ3) is 2.90. The summed E-state index contributed by atoms with van der Waals surface area (Å²) in [6.45, 7) is 5.35. The van der Waals surface area contributed by atoms with E-state index >= 15 is 0 Å². The Kier molecular flexibility index (Phi) is 4.19. The molecule has 0 saturated carbocycles. The van der Waals surface area contributed by atoms with Gasteiger partial charge in [-0.1, -0.05) is 19.9 Å². The monoisotopic (exact) mass is 217 g/mol. The maximum atomic E-state index is 8.89. The van der Waals surface area contributed by atoms with Crippen molar-refractivity contribution < 1.29 is 0 Å². The number of rotatable bonds is 4. The van der Waals surface area contributed by atoms with Crippen molar-refractivity contribution in [3.05, 3.63) is 23.8 Å². The molecule has 0 amide bonds. The summed E-state index contributed by atoms with van der Waals surface area (Å²) in [5.74, 6) is 0.669. The Bertz CT molecular complexity index is 391. The summed E-state index contributed by atoms with van der Waals surface area (Å²) in [6.07, 6.45) is 1.12. The summed E-state index contributed by atoms with van der Waals surface area (Å²) in [7, 11) is 2.01. The molecule has 0 saturated heterocycles. The summed E-state index contributed by atoms with van der Waals surface area (Å²) < 4.78 is 0. The molecule has 1 aromatic rings. The molecule has 0 aromatic heterocycles. The van der Waals surface area contributed by atoms with E-state index < -0.39 is 0 Å². The highest BCUT2D eigenvalue weighted by Gasteiger charge is 2.08. The highest BCUT2D eigenvalue weighted by atomic mass is 15.1. The van der Waals surface area contributed by atoms with Crippen LogP contribution in [-0.4, -0.2) is 13.6 Å². The van der Waals surface area contributed by atoms with Crippen molar-refractivity contribution >= 4 is 11.4 Å². The molecule has 0 radical (unpaired) electrons. The van der Waals surface area contributed by atoms with Gasteiger partial charge in [-0.15, -0.1) is 0 Å². The summed E-state index contributed by atoms with van der Waals surface area (Å²) in [5.41, 5.74) is 8.01.